The molecule has 2 aromatic carbocycles. The molecule has 0 radical (unpaired) electrons. The summed E-state index contributed by atoms with van der Waals surface area (Å²) in [6.45, 7) is 0. The number of nitrogen functional groups attached to an aromatic ring is 1. The summed E-state index contributed by atoms with van der Waals surface area (Å²) in [6, 6.07) is 13.5. The largest absolute Gasteiger partial charge is 0.465 e. The van der Waals surface area contributed by atoms with E-state index in [0.29, 0.717) is 16.8 Å². The quantitative estimate of drug-likeness (QED) is 0.662. The number of carbonyl (C=O) groups is 2. The summed E-state index contributed by atoms with van der Waals surface area (Å²) in [5, 5.41) is 2.73. The third-order valence-electron chi connectivity index (χ3n) is 2.75. The fourth-order valence-electron chi connectivity index (χ4n) is 1.73. The van der Waals surface area contributed by atoms with Crippen molar-refractivity contribution in [1.29, 1.82) is 0 Å². The van der Waals surface area contributed by atoms with Crippen molar-refractivity contribution in [3.8, 4) is 0 Å². The zero-order valence-electron chi connectivity index (χ0n) is 10.9. The number of rotatable bonds is 3. The molecule has 0 saturated heterocycles. The molecule has 0 fully saturated rings. The average Bonchev–Trinajstić information content (AvgIpc) is 2.47. The lowest BCUT2D eigenvalue weighted by atomic mass is 10.1. The SMILES string of the molecule is COC(=O)c1ccc(C(=O)Nc2ccccc2)c(N)c1. The zero-order valence-corrected chi connectivity index (χ0v) is 10.9. The molecule has 1 amide bonds. The fourth-order valence-corrected chi connectivity index (χ4v) is 1.73. The fraction of sp³-hybridized carbons (Fsp3) is 0.0667. The number of hydrogen-bond donors (Lipinski definition) is 2. The second kappa shape index (κ2) is 5.88. The Labute approximate surface area is 116 Å². The van der Waals surface area contributed by atoms with E-state index in [0.717, 1.165) is 0 Å². The van der Waals surface area contributed by atoms with E-state index in [1.807, 2.05) is 18.2 Å². The van der Waals surface area contributed by atoms with Crippen molar-refractivity contribution in [3.63, 3.8) is 0 Å². The minimum atomic E-state index is -0.494. The first-order valence-electron chi connectivity index (χ1n) is 5.96. The number of benzene rings is 2. The Hall–Kier alpha value is -2.82. The highest BCUT2D eigenvalue weighted by Gasteiger charge is 2.13. The van der Waals surface area contributed by atoms with Crippen LogP contribution in [0.4, 0.5) is 11.4 Å². The molecule has 0 unspecified atom stereocenters. The van der Waals surface area contributed by atoms with Gasteiger partial charge in [-0.3, -0.25) is 4.79 Å². The molecule has 102 valence electrons. The van der Waals surface area contributed by atoms with Gasteiger partial charge in [-0.15, -0.1) is 0 Å². The van der Waals surface area contributed by atoms with E-state index < -0.39 is 5.97 Å². The summed E-state index contributed by atoms with van der Waals surface area (Å²) in [5.74, 6) is -0.822. The van der Waals surface area contributed by atoms with Gasteiger partial charge in [-0.2, -0.15) is 0 Å². The molecule has 0 aliphatic heterocycles. The van der Waals surface area contributed by atoms with Gasteiger partial charge in [-0.05, 0) is 30.3 Å². The zero-order chi connectivity index (χ0) is 14.5. The molecule has 0 aliphatic carbocycles. The van der Waals surface area contributed by atoms with Crippen LogP contribution in [-0.2, 0) is 4.74 Å². The van der Waals surface area contributed by atoms with Crippen LogP contribution in [0.15, 0.2) is 48.5 Å². The highest BCUT2D eigenvalue weighted by atomic mass is 16.5. The number of ether oxygens (including phenoxy) is 1. The van der Waals surface area contributed by atoms with Gasteiger partial charge < -0.3 is 15.8 Å². The number of esters is 1. The first kappa shape index (κ1) is 13.6. The summed E-state index contributed by atoms with van der Waals surface area (Å²) in [4.78, 5) is 23.4. The summed E-state index contributed by atoms with van der Waals surface area (Å²) < 4.78 is 4.59. The standard InChI is InChI=1S/C15H14N2O3/c1-20-15(19)10-7-8-12(13(16)9-10)14(18)17-11-5-3-2-4-6-11/h2-9H,16H2,1H3,(H,17,18). The van der Waals surface area contributed by atoms with Gasteiger partial charge in [0, 0.05) is 11.4 Å². The normalized spacial score (nSPS) is 9.85. The van der Waals surface area contributed by atoms with Crippen molar-refractivity contribution in [2.24, 2.45) is 0 Å². The van der Waals surface area contributed by atoms with E-state index in [1.165, 1.54) is 25.3 Å². The lowest BCUT2D eigenvalue weighted by Crippen LogP contribution is -2.14. The van der Waals surface area contributed by atoms with Crippen LogP contribution in [-0.4, -0.2) is 19.0 Å². The molecule has 0 aliphatic rings. The highest BCUT2D eigenvalue weighted by molar-refractivity contribution is 6.08. The van der Waals surface area contributed by atoms with Crippen LogP contribution in [0.1, 0.15) is 20.7 Å². The van der Waals surface area contributed by atoms with Crippen LogP contribution in [0.2, 0.25) is 0 Å². The number of anilines is 2. The monoisotopic (exact) mass is 270 g/mol. The molecular weight excluding hydrogens is 256 g/mol. The Morgan fingerprint density at radius 2 is 1.80 bits per heavy atom. The van der Waals surface area contributed by atoms with E-state index in [9.17, 15) is 9.59 Å². The molecule has 0 saturated carbocycles. The van der Waals surface area contributed by atoms with E-state index in [1.54, 1.807) is 12.1 Å². The van der Waals surface area contributed by atoms with Crippen LogP contribution in [0.25, 0.3) is 0 Å². The second-order valence-corrected chi connectivity index (χ2v) is 4.11. The minimum Gasteiger partial charge on any atom is -0.465 e. The summed E-state index contributed by atoms with van der Waals surface area (Å²) >= 11 is 0. The van der Waals surface area contributed by atoms with Gasteiger partial charge >= 0.3 is 5.97 Å². The van der Waals surface area contributed by atoms with Crippen molar-refractivity contribution in [1.82, 2.24) is 0 Å². The molecule has 0 atom stereocenters. The van der Waals surface area contributed by atoms with Gasteiger partial charge in [0.1, 0.15) is 0 Å². The number of amides is 1. The number of para-hydroxylation sites is 1. The molecule has 0 bridgehead atoms. The Balaban J connectivity index is 2.21. The average molecular weight is 270 g/mol. The number of nitrogens with two attached hydrogens (primary N) is 1. The molecule has 0 spiro atoms. The van der Waals surface area contributed by atoms with Crippen molar-refractivity contribution in [2.75, 3.05) is 18.2 Å². The molecule has 20 heavy (non-hydrogen) atoms. The van der Waals surface area contributed by atoms with Crippen molar-refractivity contribution < 1.29 is 14.3 Å². The van der Waals surface area contributed by atoms with Gasteiger partial charge in [0.25, 0.3) is 5.91 Å². The highest BCUT2D eigenvalue weighted by Crippen LogP contribution is 2.17. The molecule has 2 aromatic rings. The predicted octanol–water partition coefficient (Wildman–Crippen LogP) is 2.31. The smallest absolute Gasteiger partial charge is 0.337 e. The Morgan fingerprint density at radius 3 is 2.40 bits per heavy atom. The number of carbonyl (C=O) groups excluding carboxylic acids is 2. The van der Waals surface area contributed by atoms with Crippen molar-refractivity contribution >= 4 is 23.3 Å². The van der Waals surface area contributed by atoms with Gasteiger partial charge in [0.2, 0.25) is 0 Å². The van der Waals surface area contributed by atoms with Gasteiger partial charge in [-0.1, -0.05) is 18.2 Å². The number of nitrogens with one attached hydrogen (secondary N) is 1. The van der Waals surface area contributed by atoms with Crippen LogP contribution in [0.3, 0.4) is 0 Å². The summed E-state index contributed by atoms with van der Waals surface area (Å²) in [5.41, 5.74) is 7.31. The summed E-state index contributed by atoms with van der Waals surface area (Å²) in [7, 11) is 1.29. The van der Waals surface area contributed by atoms with Gasteiger partial charge in [-0.25, -0.2) is 4.79 Å². The molecule has 5 heteroatoms. The first-order chi connectivity index (χ1) is 9.61. The Bertz CT molecular complexity index is 639. The lowest BCUT2D eigenvalue weighted by Gasteiger charge is -2.08. The maximum atomic E-state index is 12.1. The molecular formula is C15H14N2O3. The molecule has 3 N–H and O–H groups in total. The number of hydrogen-bond acceptors (Lipinski definition) is 4. The van der Waals surface area contributed by atoms with E-state index in [4.69, 9.17) is 5.73 Å². The predicted molar refractivity (Wildman–Crippen MR) is 76.6 cm³/mol. The topological polar surface area (TPSA) is 81.4 Å². The van der Waals surface area contributed by atoms with Crippen molar-refractivity contribution in [2.45, 2.75) is 0 Å². The maximum absolute atomic E-state index is 12.1. The van der Waals surface area contributed by atoms with Crippen LogP contribution in [0.5, 0.6) is 0 Å². The van der Waals surface area contributed by atoms with Crippen molar-refractivity contribution in [3.05, 3.63) is 59.7 Å². The third kappa shape index (κ3) is 2.95. The van der Waals surface area contributed by atoms with Gasteiger partial charge in [0.05, 0.1) is 18.2 Å². The first-order valence-corrected chi connectivity index (χ1v) is 5.96. The molecule has 0 aromatic heterocycles. The Kier molecular flexibility index (Phi) is 4.00. The van der Waals surface area contributed by atoms with Crippen LogP contribution < -0.4 is 11.1 Å². The van der Waals surface area contributed by atoms with Gasteiger partial charge in [0.15, 0.2) is 0 Å². The minimum absolute atomic E-state index is 0.223. The summed E-state index contributed by atoms with van der Waals surface area (Å²) in [6.07, 6.45) is 0. The van der Waals surface area contributed by atoms with Crippen LogP contribution in [0, 0.1) is 0 Å². The van der Waals surface area contributed by atoms with E-state index in [-0.39, 0.29) is 11.6 Å². The van der Waals surface area contributed by atoms with Crippen LogP contribution >= 0.6 is 0 Å². The number of methoxy groups -OCH3 is 1. The molecule has 0 heterocycles. The molecule has 2 rings (SSSR count). The Morgan fingerprint density at radius 1 is 1.10 bits per heavy atom. The third-order valence-corrected chi connectivity index (χ3v) is 2.75. The van der Waals surface area contributed by atoms with E-state index >= 15 is 0 Å². The lowest BCUT2D eigenvalue weighted by molar-refractivity contribution is 0.0600. The molecule has 5 nitrogen and oxygen atoms in total. The maximum Gasteiger partial charge on any atom is 0.337 e. The van der Waals surface area contributed by atoms with E-state index in [2.05, 4.69) is 10.1 Å². The second-order valence-electron chi connectivity index (χ2n) is 4.11.